The van der Waals surface area contributed by atoms with Gasteiger partial charge in [0.15, 0.2) is 0 Å². The van der Waals surface area contributed by atoms with Crippen molar-refractivity contribution < 1.29 is 27.1 Å². The summed E-state index contributed by atoms with van der Waals surface area (Å²) >= 11 is 0. The standard InChI is InChI=1S/C26H21F3O4/c1-15-8-9-17(3)21(12-15)32-24-23(30)20-11-10-19(13-22(20)33-25(24)26(27,28)29)31-14-18-7-5-4-6-16(18)2/h4-13H,14H2,1-3H3. The number of benzene rings is 3. The van der Waals surface area contributed by atoms with Gasteiger partial charge in [-0.25, -0.2) is 0 Å². The van der Waals surface area contributed by atoms with Gasteiger partial charge >= 0.3 is 6.18 Å². The molecule has 0 unspecified atom stereocenters. The Morgan fingerprint density at radius 1 is 0.909 bits per heavy atom. The maximum atomic E-state index is 13.8. The monoisotopic (exact) mass is 454 g/mol. The predicted molar refractivity (Wildman–Crippen MR) is 119 cm³/mol. The van der Waals surface area contributed by atoms with E-state index in [9.17, 15) is 18.0 Å². The van der Waals surface area contributed by atoms with Crippen molar-refractivity contribution in [2.45, 2.75) is 33.6 Å². The summed E-state index contributed by atoms with van der Waals surface area (Å²) in [4.78, 5) is 13.0. The van der Waals surface area contributed by atoms with Crippen LogP contribution in [0.25, 0.3) is 11.0 Å². The number of hydrogen-bond donors (Lipinski definition) is 0. The number of alkyl halides is 3. The Morgan fingerprint density at radius 2 is 1.67 bits per heavy atom. The highest BCUT2D eigenvalue weighted by Gasteiger charge is 2.40. The summed E-state index contributed by atoms with van der Waals surface area (Å²) in [5.74, 6) is -1.94. The summed E-state index contributed by atoms with van der Waals surface area (Å²) in [5.41, 5.74) is 2.19. The summed E-state index contributed by atoms with van der Waals surface area (Å²) in [7, 11) is 0. The summed E-state index contributed by atoms with van der Waals surface area (Å²) < 4.78 is 57.8. The van der Waals surface area contributed by atoms with E-state index in [1.165, 1.54) is 18.2 Å². The molecule has 0 aliphatic rings. The van der Waals surface area contributed by atoms with E-state index in [4.69, 9.17) is 13.9 Å². The first-order valence-corrected chi connectivity index (χ1v) is 10.2. The molecule has 7 heteroatoms. The number of ether oxygens (including phenoxy) is 2. The molecule has 0 aliphatic carbocycles. The van der Waals surface area contributed by atoms with Crippen molar-refractivity contribution >= 4 is 11.0 Å². The molecule has 0 bridgehead atoms. The SMILES string of the molecule is Cc1ccc(C)c(Oc2c(C(F)(F)F)oc3cc(OCc4ccccc4C)ccc3c2=O)c1. The van der Waals surface area contributed by atoms with Gasteiger partial charge in [0.1, 0.15) is 23.7 Å². The van der Waals surface area contributed by atoms with Crippen molar-refractivity contribution in [3.05, 3.63) is 98.9 Å². The second-order valence-corrected chi connectivity index (χ2v) is 7.83. The maximum absolute atomic E-state index is 13.8. The highest BCUT2D eigenvalue weighted by Crippen LogP contribution is 2.39. The molecule has 33 heavy (non-hydrogen) atoms. The lowest BCUT2D eigenvalue weighted by molar-refractivity contribution is -0.154. The minimum Gasteiger partial charge on any atom is -0.489 e. The number of aryl methyl sites for hydroxylation is 3. The van der Waals surface area contributed by atoms with E-state index < -0.39 is 23.1 Å². The van der Waals surface area contributed by atoms with Crippen molar-refractivity contribution in [2.75, 3.05) is 0 Å². The molecular formula is C26H21F3O4. The smallest absolute Gasteiger partial charge is 0.453 e. The van der Waals surface area contributed by atoms with Gasteiger partial charge in [-0.3, -0.25) is 4.79 Å². The van der Waals surface area contributed by atoms with Gasteiger partial charge in [-0.05, 0) is 61.2 Å². The lowest BCUT2D eigenvalue weighted by Gasteiger charge is -2.15. The van der Waals surface area contributed by atoms with Crippen molar-refractivity contribution in [2.24, 2.45) is 0 Å². The van der Waals surface area contributed by atoms with Crippen LogP contribution in [0.3, 0.4) is 0 Å². The van der Waals surface area contributed by atoms with Crippen LogP contribution in [0.2, 0.25) is 0 Å². The molecular weight excluding hydrogens is 433 g/mol. The fraction of sp³-hybridized carbons (Fsp3) is 0.192. The molecule has 0 fully saturated rings. The molecule has 4 nitrogen and oxygen atoms in total. The first kappa shape index (κ1) is 22.5. The molecule has 170 valence electrons. The number of halogens is 3. The molecule has 3 aromatic carbocycles. The number of hydrogen-bond acceptors (Lipinski definition) is 4. The topological polar surface area (TPSA) is 48.7 Å². The molecule has 0 saturated heterocycles. The molecule has 1 heterocycles. The van der Waals surface area contributed by atoms with Crippen LogP contribution in [-0.4, -0.2) is 0 Å². The molecule has 0 aliphatic heterocycles. The largest absolute Gasteiger partial charge is 0.489 e. The highest BCUT2D eigenvalue weighted by molar-refractivity contribution is 5.79. The van der Waals surface area contributed by atoms with Crippen molar-refractivity contribution in [3.63, 3.8) is 0 Å². The Labute approximate surface area is 188 Å². The fourth-order valence-electron chi connectivity index (χ4n) is 3.39. The molecule has 0 N–H and O–H groups in total. The Morgan fingerprint density at radius 3 is 2.39 bits per heavy atom. The molecule has 1 aromatic heterocycles. The van der Waals surface area contributed by atoms with Crippen LogP contribution in [0.4, 0.5) is 13.2 Å². The molecule has 4 aromatic rings. The van der Waals surface area contributed by atoms with E-state index in [0.29, 0.717) is 5.56 Å². The van der Waals surface area contributed by atoms with Crippen LogP contribution in [0.15, 0.2) is 69.9 Å². The molecule has 0 saturated carbocycles. The Hall–Kier alpha value is -3.74. The second kappa shape index (κ2) is 8.65. The number of rotatable bonds is 5. The van der Waals surface area contributed by atoms with Gasteiger partial charge in [0.05, 0.1) is 5.39 Å². The first-order valence-electron chi connectivity index (χ1n) is 10.2. The summed E-state index contributed by atoms with van der Waals surface area (Å²) in [6.45, 7) is 5.62. The van der Waals surface area contributed by atoms with Crippen LogP contribution < -0.4 is 14.9 Å². The summed E-state index contributed by atoms with van der Waals surface area (Å²) in [5, 5.41) is -0.0356. The zero-order chi connectivity index (χ0) is 23.8. The van der Waals surface area contributed by atoms with Crippen LogP contribution in [0.5, 0.6) is 17.2 Å². The van der Waals surface area contributed by atoms with E-state index in [1.54, 1.807) is 32.0 Å². The van der Waals surface area contributed by atoms with E-state index in [0.717, 1.165) is 16.7 Å². The normalized spacial score (nSPS) is 11.6. The lowest BCUT2D eigenvalue weighted by Crippen LogP contribution is -2.15. The highest BCUT2D eigenvalue weighted by atomic mass is 19.4. The van der Waals surface area contributed by atoms with Crippen LogP contribution in [0.1, 0.15) is 28.0 Å². The molecule has 0 spiro atoms. The quantitative estimate of drug-likeness (QED) is 0.322. The third-order valence-corrected chi connectivity index (χ3v) is 5.29. The minimum atomic E-state index is -4.93. The third-order valence-electron chi connectivity index (χ3n) is 5.29. The zero-order valence-electron chi connectivity index (χ0n) is 18.2. The third kappa shape index (κ3) is 4.72. The minimum absolute atomic E-state index is 0.0356. The van der Waals surface area contributed by atoms with Crippen molar-refractivity contribution in [1.29, 1.82) is 0 Å². The molecule has 4 rings (SSSR count). The maximum Gasteiger partial charge on any atom is 0.453 e. The van der Waals surface area contributed by atoms with Crippen LogP contribution in [-0.2, 0) is 12.8 Å². The van der Waals surface area contributed by atoms with E-state index in [2.05, 4.69) is 0 Å². The average Bonchev–Trinajstić information content (AvgIpc) is 2.76. The van der Waals surface area contributed by atoms with Gasteiger partial charge in [0.25, 0.3) is 5.76 Å². The van der Waals surface area contributed by atoms with E-state index in [1.807, 2.05) is 31.2 Å². The van der Waals surface area contributed by atoms with Gasteiger partial charge in [-0.1, -0.05) is 36.4 Å². The summed E-state index contributed by atoms with van der Waals surface area (Å²) in [6, 6.07) is 16.9. The predicted octanol–water partition coefficient (Wildman–Crippen LogP) is 7.11. The van der Waals surface area contributed by atoms with Gasteiger partial charge < -0.3 is 13.9 Å². The Bertz CT molecular complexity index is 1390. The van der Waals surface area contributed by atoms with Crippen LogP contribution in [0, 0.1) is 20.8 Å². The van der Waals surface area contributed by atoms with Crippen molar-refractivity contribution in [3.8, 4) is 17.2 Å². The van der Waals surface area contributed by atoms with Crippen molar-refractivity contribution in [1.82, 2.24) is 0 Å². The second-order valence-electron chi connectivity index (χ2n) is 7.83. The number of fused-ring (bicyclic) bond motifs is 1. The molecule has 0 radical (unpaired) electrons. The fourth-order valence-corrected chi connectivity index (χ4v) is 3.39. The molecule has 0 atom stereocenters. The first-order chi connectivity index (χ1) is 15.6. The van der Waals surface area contributed by atoms with Gasteiger partial charge in [-0.2, -0.15) is 13.2 Å². The van der Waals surface area contributed by atoms with E-state index in [-0.39, 0.29) is 29.1 Å². The van der Waals surface area contributed by atoms with Gasteiger partial charge in [-0.15, -0.1) is 0 Å². The van der Waals surface area contributed by atoms with Crippen LogP contribution >= 0.6 is 0 Å². The average molecular weight is 454 g/mol. The zero-order valence-corrected chi connectivity index (χ0v) is 18.2. The lowest BCUT2D eigenvalue weighted by atomic mass is 10.1. The van der Waals surface area contributed by atoms with Gasteiger partial charge in [0.2, 0.25) is 11.2 Å². The molecule has 0 amide bonds. The Kier molecular flexibility index (Phi) is 5.89. The Balaban J connectivity index is 1.76. The summed E-state index contributed by atoms with van der Waals surface area (Å²) in [6.07, 6.45) is -4.93. The van der Waals surface area contributed by atoms with E-state index >= 15 is 0 Å². The van der Waals surface area contributed by atoms with Gasteiger partial charge in [0, 0.05) is 6.07 Å².